The van der Waals surface area contributed by atoms with Crippen molar-refractivity contribution in [2.45, 2.75) is 0 Å². The van der Waals surface area contributed by atoms with Gasteiger partial charge in [-0.3, -0.25) is 4.79 Å². The van der Waals surface area contributed by atoms with E-state index in [0.29, 0.717) is 13.1 Å². The van der Waals surface area contributed by atoms with E-state index in [4.69, 9.17) is 16.3 Å². The lowest BCUT2D eigenvalue weighted by Gasteiger charge is -2.36. The summed E-state index contributed by atoms with van der Waals surface area (Å²) in [6.45, 7) is 3.08. The molecule has 0 N–H and O–H groups in total. The van der Waals surface area contributed by atoms with Crippen molar-refractivity contribution in [2.75, 3.05) is 37.7 Å². The van der Waals surface area contributed by atoms with Gasteiger partial charge in [0.1, 0.15) is 5.75 Å². The highest BCUT2D eigenvalue weighted by atomic mass is 35.5. The molecular formula is C22H21ClN2O2. The van der Waals surface area contributed by atoms with Crippen LogP contribution < -0.4 is 9.64 Å². The van der Waals surface area contributed by atoms with Crippen LogP contribution in [0.1, 0.15) is 0 Å². The molecular weight excluding hydrogens is 360 g/mol. The molecule has 0 bridgehead atoms. The lowest BCUT2D eigenvalue weighted by Crippen LogP contribution is -2.50. The van der Waals surface area contributed by atoms with Gasteiger partial charge in [-0.15, -0.1) is 0 Å². The molecule has 3 aromatic carbocycles. The van der Waals surface area contributed by atoms with Crippen molar-refractivity contribution in [2.24, 2.45) is 0 Å². The molecule has 0 aromatic heterocycles. The van der Waals surface area contributed by atoms with Crippen molar-refractivity contribution in [1.29, 1.82) is 0 Å². The molecule has 0 spiro atoms. The highest BCUT2D eigenvalue weighted by Gasteiger charge is 2.21. The summed E-state index contributed by atoms with van der Waals surface area (Å²) in [5.74, 6) is 0.751. The predicted molar refractivity (Wildman–Crippen MR) is 110 cm³/mol. The van der Waals surface area contributed by atoms with Crippen molar-refractivity contribution in [3.8, 4) is 5.75 Å². The average Bonchev–Trinajstić information content (AvgIpc) is 2.72. The maximum atomic E-state index is 12.5. The molecule has 3 aromatic rings. The molecule has 1 aliphatic heterocycles. The van der Waals surface area contributed by atoms with Gasteiger partial charge in [0.15, 0.2) is 6.61 Å². The smallest absolute Gasteiger partial charge is 0.260 e. The number of hydrogen-bond donors (Lipinski definition) is 0. The minimum Gasteiger partial charge on any atom is -0.484 e. The molecule has 0 saturated carbocycles. The van der Waals surface area contributed by atoms with E-state index in [1.165, 1.54) is 0 Å². The summed E-state index contributed by atoms with van der Waals surface area (Å²) in [6, 6.07) is 21.8. The first kappa shape index (κ1) is 17.7. The Labute approximate surface area is 163 Å². The Morgan fingerprint density at radius 2 is 1.59 bits per heavy atom. The van der Waals surface area contributed by atoms with E-state index in [0.717, 1.165) is 40.3 Å². The average molecular weight is 381 g/mol. The Bertz CT molecular complexity index is 934. The monoisotopic (exact) mass is 380 g/mol. The predicted octanol–water partition coefficient (Wildman–Crippen LogP) is 4.22. The van der Waals surface area contributed by atoms with Crippen LogP contribution in [0, 0.1) is 0 Å². The van der Waals surface area contributed by atoms with E-state index in [1.54, 1.807) is 0 Å². The molecule has 4 nitrogen and oxygen atoms in total. The van der Waals surface area contributed by atoms with Gasteiger partial charge >= 0.3 is 0 Å². The third kappa shape index (κ3) is 4.17. The van der Waals surface area contributed by atoms with Gasteiger partial charge in [0.05, 0.1) is 0 Å². The van der Waals surface area contributed by atoms with Gasteiger partial charge in [0, 0.05) is 36.9 Å². The summed E-state index contributed by atoms with van der Waals surface area (Å²) < 4.78 is 5.73. The molecule has 5 heteroatoms. The van der Waals surface area contributed by atoms with Gasteiger partial charge in [0.2, 0.25) is 0 Å². The second-order valence-corrected chi connectivity index (χ2v) is 7.08. The molecule has 1 amide bonds. The number of piperazine rings is 1. The molecule has 4 rings (SSSR count). The molecule has 1 fully saturated rings. The lowest BCUT2D eigenvalue weighted by atomic mass is 10.1. The summed E-state index contributed by atoms with van der Waals surface area (Å²) in [6.07, 6.45) is 0. The number of amides is 1. The Morgan fingerprint density at radius 3 is 2.33 bits per heavy atom. The van der Waals surface area contributed by atoms with Gasteiger partial charge in [-0.2, -0.15) is 0 Å². The van der Waals surface area contributed by atoms with Crippen LogP contribution in [-0.2, 0) is 4.79 Å². The quantitative estimate of drug-likeness (QED) is 0.679. The highest BCUT2D eigenvalue weighted by molar-refractivity contribution is 6.30. The fraction of sp³-hybridized carbons (Fsp3) is 0.227. The zero-order valence-electron chi connectivity index (χ0n) is 15.0. The van der Waals surface area contributed by atoms with Crippen LogP contribution in [0.3, 0.4) is 0 Å². The zero-order valence-corrected chi connectivity index (χ0v) is 15.7. The van der Waals surface area contributed by atoms with Crippen LogP contribution in [0.25, 0.3) is 10.8 Å². The number of carbonyl (C=O) groups excluding carboxylic acids is 1. The Morgan fingerprint density at radius 1 is 0.889 bits per heavy atom. The van der Waals surface area contributed by atoms with E-state index in [2.05, 4.69) is 11.0 Å². The second kappa shape index (κ2) is 7.89. The van der Waals surface area contributed by atoms with Crippen LogP contribution in [0.2, 0.25) is 5.02 Å². The third-order valence-corrected chi connectivity index (χ3v) is 5.16. The Balaban J connectivity index is 1.30. The molecule has 138 valence electrons. The largest absolute Gasteiger partial charge is 0.484 e. The van der Waals surface area contributed by atoms with Crippen molar-refractivity contribution in [3.05, 3.63) is 71.8 Å². The second-order valence-electron chi connectivity index (χ2n) is 6.64. The van der Waals surface area contributed by atoms with E-state index in [9.17, 15) is 4.79 Å². The molecule has 0 radical (unpaired) electrons. The number of halogens is 1. The first-order chi connectivity index (χ1) is 13.2. The highest BCUT2D eigenvalue weighted by Crippen LogP contribution is 2.21. The number of rotatable bonds is 4. The van der Waals surface area contributed by atoms with Crippen LogP contribution in [0.15, 0.2) is 66.7 Å². The molecule has 1 aliphatic rings. The van der Waals surface area contributed by atoms with Crippen molar-refractivity contribution >= 4 is 34.0 Å². The maximum Gasteiger partial charge on any atom is 0.260 e. The first-order valence-corrected chi connectivity index (χ1v) is 9.47. The summed E-state index contributed by atoms with van der Waals surface area (Å²) in [5.41, 5.74) is 1.14. The van der Waals surface area contributed by atoms with Crippen molar-refractivity contribution in [1.82, 2.24) is 4.90 Å². The fourth-order valence-electron chi connectivity index (χ4n) is 3.36. The fourth-order valence-corrected chi connectivity index (χ4v) is 3.49. The van der Waals surface area contributed by atoms with Gasteiger partial charge in [-0.25, -0.2) is 0 Å². The van der Waals surface area contributed by atoms with Crippen LogP contribution in [0.5, 0.6) is 5.75 Å². The van der Waals surface area contributed by atoms with Gasteiger partial charge in [-0.1, -0.05) is 41.9 Å². The molecule has 0 aliphatic carbocycles. The standard InChI is InChI=1S/C22H21ClN2O2/c23-19-6-8-20(9-7-19)24-11-13-25(14-12-24)22(26)16-27-21-10-5-17-3-1-2-4-18(17)15-21/h1-10,15H,11-14,16H2. The topological polar surface area (TPSA) is 32.8 Å². The van der Waals surface area contributed by atoms with Crippen molar-refractivity contribution < 1.29 is 9.53 Å². The molecule has 0 unspecified atom stereocenters. The van der Waals surface area contributed by atoms with E-state index in [-0.39, 0.29) is 12.5 Å². The number of nitrogens with zero attached hydrogens (tertiary/aromatic N) is 2. The third-order valence-electron chi connectivity index (χ3n) is 4.91. The minimum atomic E-state index is 0.0268. The van der Waals surface area contributed by atoms with Crippen LogP contribution in [-0.4, -0.2) is 43.6 Å². The number of fused-ring (bicyclic) bond motifs is 1. The van der Waals surface area contributed by atoms with Crippen LogP contribution in [0.4, 0.5) is 5.69 Å². The summed E-state index contributed by atoms with van der Waals surface area (Å²) in [4.78, 5) is 16.6. The lowest BCUT2D eigenvalue weighted by molar-refractivity contribution is -0.133. The molecule has 27 heavy (non-hydrogen) atoms. The van der Waals surface area contributed by atoms with Gasteiger partial charge in [0.25, 0.3) is 5.91 Å². The van der Waals surface area contributed by atoms with Gasteiger partial charge < -0.3 is 14.5 Å². The van der Waals surface area contributed by atoms with Crippen molar-refractivity contribution in [3.63, 3.8) is 0 Å². The summed E-state index contributed by atoms with van der Waals surface area (Å²) in [7, 11) is 0. The number of ether oxygens (including phenoxy) is 1. The Hall–Kier alpha value is -2.72. The molecule has 1 saturated heterocycles. The zero-order chi connectivity index (χ0) is 18.6. The normalized spacial score (nSPS) is 14.4. The number of benzene rings is 3. The first-order valence-electron chi connectivity index (χ1n) is 9.09. The Kier molecular flexibility index (Phi) is 5.16. The van der Waals surface area contributed by atoms with Gasteiger partial charge in [-0.05, 0) is 47.2 Å². The molecule has 0 atom stereocenters. The van der Waals surface area contributed by atoms with E-state index < -0.39 is 0 Å². The van der Waals surface area contributed by atoms with E-state index in [1.807, 2.05) is 65.6 Å². The van der Waals surface area contributed by atoms with E-state index >= 15 is 0 Å². The minimum absolute atomic E-state index is 0.0268. The number of carbonyl (C=O) groups is 1. The summed E-state index contributed by atoms with van der Waals surface area (Å²) >= 11 is 5.95. The maximum absolute atomic E-state index is 12.5. The van der Waals surface area contributed by atoms with Crippen LogP contribution >= 0.6 is 11.6 Å². The summed E-state index contributed by atoms with van der Waals surface area (Å²) in [5, 5.41) is 3.01. The SMILES string of the molecule is O=C(COc1ccc2ccccc2c1)N1CCN(c2ccc(Cl)cc2)CC1. The number of hydrogen-bond acceptors (Lipinski definition) is 3. The molecule has 1 heterocycles. The number of anilines is 1.